The largest absolute Gasteiger partial charge is 0.508 e. The van der Waals surface area contributed by atoms with Crippen LogP contribution in [0.2, 0.25) is 0 Å². The van der Waals surface area contributed by atoms with Crippen LogP contribution in [0, 0.1) is 51.2 Å². The number of hydrogen-bond acceptors (Lipinski definition) is 4. The van der Waals surface area contributed by atoms with Gasteiger partial charge in [0.15, 0.2) is 0 Å². The highest BCUT2D eigenvalue weighted by Gasteiger charge is 2.69. The number of aromatic hydroxyl groups is 1. The number of phenols is 1. The monoisotopic (exact) mass is 604 g/mol. The van der Waals surface area contributed by atoms with Gasteiger partial charge in [-0.25, -0.2) is 4.79 Å². The van der Waals surface area contributed by atoms with E-state index in [1.165, 1.54) is 43.8 Å². The van der Waals surface area contributed by atoms with Crippen LogP contribution in [-0.4, -0.2) is 27.9 Å². The second-order valence-electron chi connectivity index (χ2n) is 17.2. The molecular formula is C40H60O4. The molecule has 4 aliphatic rings. The number of hydrogen-bond donors (Lipinski definition) is 2. The predicted molar refractivity (Wildman–Crippen MR) is 180 cm³/mol. The van der Waals surface area contributed by atoms with Crippen LogP contribution in [0.1, 0.15) is 125 Å². The molecule has 0 heterocycles. The van der Waals surface area contributed by atoms with Gasteiger partial charge in [0.2, 0.25) is 0 Å². The minimum absolute atomic E-state index is 0.0969. The van der Waals surface area contributed by atoms with Crippen LogP contribution in [0.4, 0.5) is 0 Å². The van der Waals surface area contributed by atoms with Gasteiger partial charge in [0.1, 0.15) is 11.9 Å². The molecule has 2 N–H and O–H groups in total. The van der Waals surface area contributed by atoms with Crippen molar-refractivity contribution >= 4 is 12.0 Å². The maximum absolute atomic E-state index is 13.0. The summed E-state index contributed by atoms with van der Waals surface area (Å²) in [5.41, 5.74) is 2.07. The van der Waals surface area contributed by atoms with Gasteiger partial charge in [-0.15, -0.1) is 0 Å². The fourth-order valence-electron chi connectivity index (χ4n) is 11.5. The smallest absolute Gasteiger partial charge is 0.331 e. The van der Waals surface area contributed by atoms with Gasteiger partial charge >= 0.3 is 5.97 Å². The van der Waals surface area contributed by atoms with Crippen molar-refractivity contribution in [2.75, 3.05) is 0 Å². The third-order valence-electron chi connectivity index (χ3n) is 14.5. The normalized spacial score (nSPS) is 39.3. The number of aliphatic hydroxyl groups is 1. The Balaban J connectivity index is 1.31. The number of esters is 1. The summed E-state index contributed by atoms with van der Waals surface area (Å²) < 4.78 is 6.19. The number of carbonyl (C=O) groups is 1. The molecule has 1 aromatic rings. The van der Waals surface area contributed by atoms with Crippen molar-refractivity contribution in [3.8, 4) is 5.75 Å². The molecule has 0 spiro atoms. The zero-order chi connectivity index (χ0) is 32.3. The Labute approximate surface area is 267 Å². The van der Waals surface area contributed by atoms with Crippen molar-refractivity contribution in [3.05, 3.63) is 48.1 Å². The Kier molecular flexibility index (Phi) is 8.80. The molecule has 0 amide bonds. The third kappa shape index (κ3) is 5.50. The zero-order valence-corrected chi connectivity index (χ0v) is 28.9. The van der Waals surface area contributed by atoms with Crippen molar-refractivity contribution < 1.29 is 19.7 Å². The van der Waals surface area contributed by atoms with E-state index in [-0.39, 0.29) is 39.5 Å². The summed E-state index contributed by atoms with van der Waals surface area (Å²) in [5.74, 6) is 2.47. The first kappa shape index (κ1) is 33.3. The van der Waals surface area contributed by atoms with E-state index in [0.29, 0.717) is 29.6 Å². The number of carbonyl (C=O) groups excluding carboxylic acids is 1. The molecule has 0 bridgehead atoms. The van der Waals surface area contributed by atoms with E-state index in [4.69, 9.17) is 4.74 Å². The maximum atomic E-state index is 13.0. The number of rotatable bonds is 8. The Morgan fingerprint density at radius 3 is 2.30 bits per heavy atom. The molecule has 0 unspecified atom stereocenters. The highest BCUT2D eigenvalue weighted by Crippen LogP contribution is 2.76. The van der Waals surface area contributed by atoms with Crippen LogP contribution in [-0.2, 0) is 9.53 Å². The lowest BCUT2D eigenvalue weighted by molar-refractivity contribution is -0.229. The van der Waals surface area contributed by atoms with Gasteiger partial charge in [-0.3, -0.25) is 0 Å². The lowest BCUT2D eigenvalue weighted by Crippen LogP contribution is -2.64. The number of phenolic OH excluding ortho intramolecular Hbond substituents is 1. The number of benzene rings is 1. The lowest BCUT2D eigenvalue weighted by Gasteiger charge is -2.70. The van der Waals surface area contributed by atoms with Crippen LogP contribution >= 0.6 is 0 Å². The highest BCUT2D eigenvalue weighted by atomic mass is 16.5. The number of fused-ring (bicyclic) bond motifs is 5. The van der Waals surface area contributed by atoms with E-state index in [1.54, 1.807) is 30.3 Å². The van der Waals surface area contributed by atoms with Crippen molar-refractivity contribution in [2.24, 2.45) is 51.2 Å². The summed E-state index contributed by atoms with van der Waals surface area (Å²) in [6.07, 6.45) is 14.1. The molecule has 0 radical (unpaired) electrons. The Morgan fingerprint density at radius 1 is 0.977 bits per heavy atom. The quantitative estimate of drug-likeness (QED) is 0.176. The summed E-state index contributed by atoms with van der Waals surface area (Å²) in [5, 5.41) is 21.4. The standard InChI is InChI=1S/C40H60O4/c1-26(2)27(3)18-25-40(9,43)31-19-23-38(7)30(31)15-16-33-37(6)22-21-34(36(4,5)32(37)20-24-39(33,38)8)44-35(42)17-12-28-10-13-29(41)14-11-28/h10-14,17,26,30-34,41,43H,3,15-16,18-25H2,1-2,4-9H3/b17-12+/t30-,31+,32-,33-,34+,37+,38-,39-,40+/m1/s1. The van der Waals surface area contributed by atoms with Crippen LogP contribution in [0.3, 0.4) is 0 Å². The second kappa shape index (κ2) is 11.6. The Morgan fingerprint density at radius 2 is 1.64 bits per heavy atom. The van der Waals surface area contributed by atoms with Gasteiger partial charge in [-0.1, -0.05) is 72.8 Å². The first-order valence-electron chi connectivity index (χ1n) is 17.5. The van der Waals surface area contributed by atoms with Crippen molar-refractivity contribution in [1.29, 1.82) is 0 Å². The van der Waals surface area contributed by atoms with E-state index in [2.05, 4.69) is 62.0 Å². The highest BCUT2D eigenvalue weighted by molar-refractivity contribution is 5.87. The first-order valence-corrected chi connectivity index (χ1v) is 17.5. The van der Waals surface area contributed by atoms with Crippen molar-refractivity contribution in [1.82, 2.24) is 0 Å². The number of ether oxygens (including phenoxy) is 1. The fourth-order valence-corrected chi connectivity index (χ4v) is 11.5. The Bertz CT molecular complexity index is 1260. The van der Waals surface area contributed by atoms with E-state index in [1.807, 2.05) is 0 Å². The topological polar surface area (TPSA) is 66.8 Å². The molecular weight excluding hydrogens is 544 g/mol. The van der Waals surface area contributed by atoms with Gasteiger partial charge in [-0.2, -0.15) is 0 Å². The predicted octanol–water partition coefficient (Wildman–Crippen LogP) is 9.75. The second-order valence-corrected chi connectivity index (χ2v) is 17.2. The summed E-state index contributed by atoms with van der Waals surface area (Å²) in [4.78, 5) is 13.0. The maximum Gasteiger partial charge on any atom is 0.331 e. The Hall–Kier alpha value is -2.07. The van der Waals surface area contributed by atoms with Crippen LogP contribution < -0.4 is 0 Å². The lowest BCUT2D eigenvalue weighted by atomic mass is 9.35. The molecule has 1 aromatic carbocycles. The van der Waals surface area contributed by atoms with Gasteiger partial charge in [0, 0.05) is 11.5 Å². The molecule has 5 rings (SSSR count). The summed E-state index contributed by atoms with van der Waals surface area (Å²) in [7, 11) is 0. The average Bonchev–Trinajstić information content (AvgIpc) is 3.32. The molecule has 4 aliphatic carbocycles. The van der Waals surface area contributed by atoms with E-state index >= 15 is 0 Å². The van der Waals surface area contributed by atoms with Crippen molar-refractivity contribution in [2.45, 2.75) is 131 Å². The fraction of sp³-hybridized carbons (Fsp3) is 0.725. The molecule has 4 fully saturated rings. The molecule has 0 aromatic heterocycles. The molecule has 4 heteroatoms. The SMILES string of the molecule is C=C(CC[C@](C)(O)[C@H]1CC[C@]2(C)[C@@H]1CC[C@@H]1[C@@]3(C)CC[C@H](OC(=O)/C=C/c4ccc(O)cc4)C(C)(C)[C@H]3CC[C@]12C)C(C)C. The van der Waals surface area contributed by atoms with E-state index in [9.17, 15) is 15.0 Å². The van der Waals surface area contributed by atoms with Gasteiger partial charge in [0.05, 0.1) is 5.60 Å². The first-order chi connectivity index (χ1) is 20.5. The van der Waals surface area contributed by atoms with Gasteiger partial charge < -0.3 is 14.9 Å². The van der Waals surface area contributed by atoms with Crippen molar-refractivity contribution in [3.63, 3.8) is 0 Å². The van der Waals surface area contributed by atoms with Gasteiger partial charge in [-0.05, 0) is 141 Å². The summed E-state index contributed by atoms with van der Waals surface area (Å²) >= 11 is 0. The molecule has 244 valence electrons. The van der Waals surface area contributed by atoms with Crippen LogP contribution in [0.5, 0.6) is 5.75 Å². The molecule has 4 saturated carbocycles. The minimum Gasteiger partial charge on any atom is -0.508 e. The molecule has 0 saturated heterocycles. The number of allylic oxidation sites excluding steroid dienone is 1. The molecule has 9 atom stereocenters. The molecule has 0 aliphatic heterocycles. The molecule has 44 heavy (non-hydrogen) atoms. The summed E-state index contributed by atoms with van der Waals surface area (Å²) in [6, 6.07) is 6.84. The zero-order valence-electron chi connectivity index (χ0n) is 28.9. The average molecular weight is 605 g/mol. The summed E-state index contributed by atoms with van der Waals surface area (Å²) in [6.45, 7) is 23.3. The van der Waals surface area contributed by atoms with E-state index in [0.717, 1.165) is 37.7 Å². The molecule has 4 nitrogen and oxygen atoms in total. The van der Waals surface area contributed by atoms with Gasteiger partial charge in [0.25, 0.3) is 0 Å². The minimum atomic E-state index is -0.648. The van der Waals surface area contributed by atoms with Crippen LogP contribution in [0.15, 0.2) is 42.5 Å². The third-order valence-corrected chi connectivity index (χ3v) is 14.5. The van der Waals surface area contributed by atoms with Crippen LogP contribution in [0.25, 0.3) is 6.08 Å². The van der Waals surface area contributed by atoms with E-state index < -0.39 is 5.60 Å².